The maximum Gasteiger partial charge on any atom is 0.291 e. The van der Waals surface area contributed by atoms with Gasteiger partial charge in [-0.2, -0.15) is 4.31 Å². The Morgan fingerprint density at radius 3 is 2.38 bits per heavy atom. The molecule has 1 aliphatic heterocycles. The zero-order valence-corrected chi connectivity index (χ0v) is 18.3. The molecule has 4 rings (SSSR count). The van der Waals surface area contributed by atoms with Crippen molar-refractivity contribution in [2.45, 2.75) is 17.7 Å². The predicted octanol–water partition coefficient (Wildman–Crippen LogP) is 2.85. The molecular weight excluding hydrogens is 456 g/mol. The number of halogens is 1. The third-order valence-corrected chi connectivity index (χ3v) is 7.11. The summed E-state index contributed by atoms with van der Waals surface area (Å²) < 4.78 is 32.0. The smallest absolute Gasteiger partial charge is 0.291 e. The standard InChI is InChI=1S/C21H19ClN4O5S/c22-16-8-6-14(7-9-16)19-13-18(25-31-19)21(28)24-23-20(27)15-4-3-5-17(12-15)32(29,30)26-10-1-2-11-26/h3-9,12-13H,1-2,10-11H2,(H,23,27)(H,24,28). The van der Waals surface area contributed by atoms with Gasteiger partial charge in [-0.1, -0.05) is 22.8 Å². The Morgan fingerprint density at radius 2 is 1.66 bits per heavy atom. The Morgan fingerprint density at radius 1 is 0.969 bits per heavy atom. The fraction of sp³-hybridized carbons (Fsp3) is 0.190. The number of carbonyl (C=O) groups is 2. The van der Waals surface area contributed by atoms with Crippen LogP contribution in [0.25, 0.3) is 11.3 Å². The van der Waals surface area contributed by atoms with Gasteiger partial charge in [-0.15, -0.1) is 0 Å². The number of hydrogen-bond acceptors (Lipinski definition) is 6. The van der Waals surface area contributed by atoms with E-state index in [9.17, 15) is 18.0 Å². The van der Waals surface area contributed by atoms with Crippen LogP contribution in [0.2, 0.25) is 5.02 Å². The van der Waals surface area contributed by atoms with Crippen molar-refractivity contribution >= 4 is 33.4 Å². The van der Waals surface area contributed by atoms with Crippen molar-refractivity contribution in [1.82, 2.24) is 20.3 Å². The first kappa shape index (κ1) is 22.0. The van der Waals surface area contributed by atoms with Crippen molar-refractivity contribution in [2.75, 3.05) is 13.1 Å². The zero-order valence-electron chi connectivity index (χ0n) is 16.7. The summed E-state index contributed by atoms with van der Waals surface area (Å²) >= 11 is 5.86. The van der Waals surface area contributed by atoms with Crippen LogP contribution in [0.15, 0.2) is 64.0 Å². The molecule has 0 atom stereocenters. The Bertz CT molecular complexity index is 1250. The van der Waals surface area contributed by atoms with Crippen LogP contribution in [0, 0.1) is 0 Å². The van der Waals surface area contributed by atoms with Crippen LogP contribution in [0.1, 0.15) is 33.7 Å². The topological polar surface area (TPSA) is 122 Å². The molecule has 0 radical (unpaired) electrons. The zero-order chi connectivity index (χ0) is 22.7. The van der Waals surface area contributed by atoms with Crippen molar-refractivity contribution in [3.63, 3.8) is 0 Å². The molecule has 32 heavy (non-hydrogen) atoms. The van der Waals surface area contributed by atoms with E-state index in [0.717, 1.165) is 12.8 Å². The van der Waals surface area contributed by atoms with Gasteiger partial charge in [-0.3, -0.25) is 20.4 Å². The second kappa shape index (κ2) is 9.11. The minimum Gasteiger partial charge on any atom is -0.355 e. The molecule has 2 amide bonds. The molecule has 0 aliphatic carbocycles. The number of amides is 2. The van der Waals surface area contributed by atoms with Gasteiger partial charge < -0.3 is 4.52 Å². The Labute approximate surface area is 189 Å². The number of carbonyl (C=O) groups excluding carboxylic acids is 2. The van der Waals surface area contributed by atoms with E-state index < -0.39 is 21.8 Å². The third-order valence-electron chi connectivity index (χ3n) is 4.96. The lowest BCUT2D eigenvalue weighted by atomic mass is 10.1. The van der Waals surface area contributed by atoms with Crippen molar-refractivity contribution in [2.24, 2.45) is 0 Å². The normalized spacial score (nSPS) is 14.3. The molecule has 166 valence electrons. The van der Waals surface area contributed by atoms with E-state index in [1.807, 2.05) is 0 Å². The lowest BCUT2D eigenvalue weighted by Gasteiger charge is -2.16. The fourth-order valence-corrected chi connectivity index (χ4v) is 4.95. The summed E-state index contributed by atoms with van der Waals surface area (Å²) in [6, 6.07) is 13.9. The minimum atomic E-state index is -3.66. The van der Waals surface area contributed by atoms with Crippen LogP contribution < -0.4 is 10.9 Å². The van der Waals surface area contributed by atoms with E-state index in [1.54, 1.807) is 24.3 Å². The van der Waals surface area contributed by atoms with E-state index in [4.69, 9.17) is 16.1 Å². The van der Waals surface area contributed by atoms with Crippen molar-refractivity contribution in [1.29, 1.82) is 0 Å². The quantitative estimate of drug-likeness (QED) is 0.548. The van der Waals surface area contributed by atoms with Gasteiger partial charge in [-0.25, -0.2) is 8.42 Å². The lowest BCUT2D eigenvalue weighted by molar-refractivity contribution is 0.0841. The van der Waals surface area contributed by atoms with Crippen LogP contribution in [0.5, 0.6) is 0 Å². The second-order valence-electron chi connectivity index (χ2n) is 7.13. The molecule has 9 nitrogen and oxygen atoms in total. The van der Waals surface area contributed by atoms with Crippen LogP contribution in [-0.2, 0) is 10.0 Å². The van der Waals surface area contributed by atoms with E-state index in [2.05, 4.69) is 16.0 Å². The number of nitrogens with one attached hydrogen (secondary N) is 2. The summed E-state index contributed by atoms with van der Waals surface area (Å²) in [7, 11) is -3.66. The molecule has 2 heterocycles. The van der Waals surface area contributed by atoms with Gasteiger partial charge in [0.15, 0.2) is 11.5 Å². The van der Waals surface area contributed by atoms with Gasteiger partial charge in [0.25, 0.3) is 11.8 Å². The number of benzene rings is 2. The first-order valence-electron chi connectivity index (χ1n) is 9.78. The summed E-state index contributed by atoms with van der Waals surface area (Å²) in [6.45, 7) is 0.926. The van der Waals surface area contributed by atoms with E-state index in [0.29, 0.717) is 29.4 Å². The van der Waals surface area contributed by atoms with Gasteiger partial charge in [0.1, 0.15) is 0 Å². The largest absolute Gasteiger partial charge is 0.355 e. The molecule has 3 aromatic rings. The number of rotatable bonds is 5. The minimum absolute atomic E-state index is 0.0301. The Kier molecular flexibility index (Phi) is 6.26. The molecule has 11 heteroatoms. The SMILES string of the molecule is O=C(NNC(=O)c1cc(-c2ccc(Cl)cc2)on1)c1cccc(S(=O)(=O)N2CCCC2)c1. The molecule has 1 aliphatic rings. The first-order chi connectivity index (χ1) is 15.3. The van der Waals surface area contributed by atoms with Crippen LogP contribution in [0.4, 0.5) is 0 Å². The Hall–Kier alpha value is -3.21. The number of hydrazine groups is 1. The number of sulfonamides is 1. The monoisotopic (exact) mass is 474 g/mol. The summed E-state index contributed by atoms with van der Waals surface area (Å²) in [5.74, 6) is -1.00. The van der Waals surface area contributed by atoms with Gasteiger partial charge in [0, 0.05) is 35.3 Å². The molecule has 1 fully saturated rings. The molecule has 2 aromatic carbocycles. The number of nitrogens with zero attached hydrogens (tertiary/aromatic N) is 2. The molecule has 0 bridgehead atoms. The molecule has 0 saturated carbocycles. The molecule has 1 aromatic heterocycles. The molecular formula is C21H19ClN4O5S. The van der Waals surface area contributed by atoms with Crippen LogP contribution >= 0.6 is 11.6 Å². The molecule has 2 N–H and O–H groups in total. The molecule has 0 unspecified atom stereocenters. The predicted molar refractivity (Wildman–Crippen MR) is 116 cm³/mol. The highest BCUT2D eigenvalue weighted by Gasteiger charge is 2.27. The highest BCUT2D eigenvalue weighted by Crippen LogP contribution is 2.23. The van der Waals surface area contributed by atoms with E-state index in [1.165, 1.54) is 34.6 Å². The fourth-order valence-electron chi connectivity index (χ4n) is 3.26. The maximum atomic E-state index is 12.7. The van der Waals surface area contributed by atoms with Gasteiger partial charge in [-0.05, 0) is 55.3 Å². The first-order valence-corrected chi connectivity index (χ1v) is 11.6. The average molecular weight is 475 g/mol. The highest BCUT2D eigenvalue weighted by atomic mass is 35.5. The third kappa shape index (κ3) is 4.67. The van der Waals surface area contributed by atoms with Crippen LogP contribution in [0.3, 0.4) is 0 Å². The average Bonchev–Trinajstić information content (AvgIpc) is 3.51. The number of hydrogen-bond donors (Lipinski definition) is 2. The number of aromatic nitrogens is 1. The summed E-state index contributed by atoms with van der Waals surface area (Å²) in [4.78, 5) is 24.8. The molecule has 1 saturated heterocycles. The van der Waals surface area contributed by atoms with Crippen molar-refractivity contribution in [3.8, 4) is 11.3 Å². The van der Waals surface area contributed by atoms with Crippen molar-refractivity contribution in [3.05, 3.63) is 70.9 Å². The summed E-state index contributed by atoms with van der Waals surface area (Å²) in [5.41, 5.74) is 5.23. The maximum absolute atomic E-state index is 12.7. The van der Waals surface area contributed by atoms with E-state index >= 15 is 0 Å². The van der Waals surface area contributed by atoms with Gasteiger partial charge in [0.05, 0.1) is 4.90 Å². The van der Waals surface area contributed by atoms with Crippen molar-refractivity contribution < 1.29 is 22.5 Å². The van der Waals surface area contributed by atoms with Gasteiger partial charge >= 0.3 is 0 Å². The Balaban J connectivity index is 1.41. The van der Waals surface area contributed by atoms with E-state index in [-0.39, 0.29) is 16.2 Å². The summed E-state index contributed by atoms with van der Waals surface area (Å²) in [6.07, 6.45) is 1.63. The lowest BCUT2D eigenvalue weighted by Crippen LogP contribution is -2.41. The second-order valence-corrected chi connectivity index (χ2v) is 9.50. The summed E-state index contributed by atoms with van der Waals surface area (Å²) in [5, 5.41) is 4.26. The van der Waals surface area contributed by atoms with Gasteiger partial charge in [0.2, 0.25) is 10.0 Å². The highest BCUT2D eigenvalue weighted by molar-refractivity contribution is 7.89. The van der Waals surface area contributed by atoms with Crippen LogP contribution in [-0.4, -0.2) is 42.8 Å². The molecule has 0 spiro atoms.